The minimum absolute atomic E-state index is 0.0901. The minimum Gasteiger partial charge on any atom is -0.388 e. The highest BCUT2D eigenvalue weighted by Crippen LogP contribution is 2.23. The SMILES string of the molecule is CO[C@@H]1CC[C@@H](NC(=O)C2CCNCC2)[C@H]1O. The highest BCUT2D eigenvalue weighted by molar-refractivity contribution is 5.79. The molecule has 2 fully saturated rings. The van der Waals surface area contributed by atoms with Crippen LogP contribution < -0.4 is 10.6 Å². The zero-order chi connectivity index (χ0) is 12.3. The van der Waals surface area contributed by atoms with Gasteiger partial charge >= 0.3 is 0 Å². The number of ether oxygens (including phenoxy) is 1. The first-order chi connectivity index (χ1) is 8.22. The number of aliphatic hydroxyl groups is 1. The third-order valence-corrected chi connectivity index (χ3v) is 3.90. The number of amides is 1. The molecule has 1 aliphatic carbocycles. The number of carbonyl (C=O) groups is 1. The molecule has 0 radical (unpaired) electrons. The molecule has 1 saturated carbocycles. The van der Waals surface area contributed by atoms with Crippen molar-refractivity contribution in [2.24, 2.45) is 5.92 Å². The van der Waals surface area contributed by atoms with Gasteiger partial charge in [-0.25, -0.2) is 0 Å². The normalized spacial score (nSPS) is 34.8. The van der Waals surface area contributed by atoms with Crippen molar-refractivity contribution in [2.75, 3.05) is 20.2 Å². The number of methoxy groups -OCH3 is 1. The van der Waals surface area contributed by atoms with Crippen LogP contribution in [0.1, 0.15) is 25.7 Å². The van der Waals surface area contributed by atoms with Gasteiger partial charge in [-0.3, -0.25) is 4.79 Å². The zero-order valence-corrected chi connectivity index (χ0v) is 10.3. The highest BCUT2D eigenvalue weighted by Gasteiger charge is 2.36. The predicted octanol–water partition coefficient (Wildman–Crippen LogP) is -0.359. The Bertz CT molecular complexity index is 266. The maximum Gasteiger partial charge on any atom is 0.223 e. The lowest BCUT2D eigenvalue weighted by Gasteiger charge is -2.25. The average Bonchev–Trinajstić information content (AvgIpc) is 2.71. The molecule has 0 spiro atoms. The lowest BCUT2D eigenvalue weighted by atomic mass is 9.96. The van der Waals surface area contributed by atoms with E-state index in [1.165, 1.54) is 0 Å². The number of carbonyl (C=O) groups excluding carboxylic acids is 1. The molecule has 0 aromatic heterocycles. The van der Waals surface area contributed by atoms with E-state index in [-0.39, 0.29) is 24.0 Å². The predicted molar refractivity (Wildman–Crippen MR) is 63.6 cm³/mol. The van der Waals surface area contributed by atoms with Crippen LogP contribution in [0.4, 0.5) is 0 Å². The molecule has 3 N–H and O–H groups in total. The van der Waals surface area contributed by atoms with Gasteiger partial charge in [-0.1, -0.05) is 0 Å². The van der Waals surface area contributed by atoms with Crippen molar-refractivity contribution in [1.29, 1.82) is 0 Å². The molecular formula is C12H22N2O3. The molecule has 2 aliphatic rings. The van der Waals surface area contributed by atoms with E-state index in [2.05, 4.69) is 10.6 Å². The molecule has 3 atom stereocenters. The average molecular weight is 242 g/mol. The zero-order valence-electron chi connectivity index (χ0n) is 10.3. The van der Waals surface area contributed by atoms with Gasteiger partial charge in [0.15, 0.2) is 0 Å². The molecule has 5 nitrogen and oxygen atoms in total. The van der Waals surface area contributed by atoms with E-state index in [1.807, 2.05) is 0 Å². The van der Waals surface area contributed by atoms with Crippen LogP contribution in [0, 0.1) is 5.92 Å². The molecule has 0 bridgehead atoms. The fourth-order valence-corrected chi connectivity index (χ4v) is 2.74. The van der Waals surface area contributed by atoms with Crippen molar-refractivity contribution in [3.8, 4) is 0 Å². The van der Waals surface area contributed by atoms with Gasteiger partial charge in [0.2, 0.25) is 5.91 Å². The summed E-state index contributed by atoms with van der Waals surface area (Å²) in [4.78, 5) is 12.0. The Morgan fingerprint density at radius 1 is 1.29 bits per heavy atom. The Morgan fingerprint density at radius 3 is 2.59 bits per heavy atom. The molecule has 1 saturated heterocycles. The van der Waals surface area contributed by atoms with Gasteiger partial charge < -0.3 is 20.5 Å². The molecule has 98 valence electrons. The van der Waals surface area contributed by atoms with Crippen LogP contribution in [0.15, 0.2) is 0 Å². The van der Waals surface area contributed by atoms with Crippen molar-refractivity contribution in [3.05, 3.63) is 0 Å². The fraction of sp³-hybridized carbons (Fsp3) is 0.917. The lowest BCUT2D eigenvalue weighted by Crippen LogP contribution is -2.47. The standard InChI is InChI=1S/C12H22N2O3/c1-17-10-3-2-9(11(10)15)14-12(16)8-4-6-13-7-5-8/h8-11,13,15H,2-7H2,1H3,(H,14,16)/t9-,10-,11-/m1/s1. The van der Waals surface area contributed by atoms with E-state index in [9.17, 15) is 9.90 Å². The van der Waals surface area contributed by atoms with Gasteiger partial charge in [-0.15, -0.1) is 0 Å². The van der Waals surface area contributed by atoms with E-state index >= 15 is 0 Å². The quantitative estimate of drug-likeness (QED) is 0.632. The number of rotatable bonds is 3. The summed E-state index contributed by atoms with van der Waals surface area (Å²) >= 11 is 0. The van der Waals surface area contributed by atoms with Crippen LogP contribution >= 0.6 is 0 Å². The van der Waals surface area contributed by atoms with Crippen molar-refractivity contribution >= 4 is 5.91 Å². The fourth-order valence-electron chi connectivity index (χ4n) is 2.74. The Kier molecular flexibility index (Phi) is 4.36. The molecule has 1 heterocycles. The second-order valence-electron chi connectivity index (χ2n) is 4.98. The van der Waals surface area contributed by atoms with Gasteiger partial charge in [-0.2, -0.15) is 0 Å². The molecule has 5 heteroatoms. The van der Waals surface area contributed by atoms with Gasteiger partial charge in [0.1, 0.15) is 6.10 Å². The van der Waals surface area contributed by atoms with E-state index in [0.717, 1.165) is 38.8 Å². The monoisotopic (exact) mass is 242 g/mol. The highest BCUT2D eigenvalue weighted by atomic mass is 16.5. The Hall–Kier alpha value is -0.650. The third kappa shape index (κ3) is 2.97. The minimum atomic E-state index is -0.564. The molecule has 1 amide bonds. The van der Waals surface area contributed by atoms with Gasteiger partial charge in [-0.05, 0) is 38.8 Å². The first-order valence-corrected chi connectivity index (χ1v) is 6.44. The number of aliphatic hydroxyl groups excluding tert-OH is 1. The number of nitrogens with one attached hydrogen (secondary N) is 2. The molecular weight excluding hydrogens is 220 g/mol. The van der Waals surface area contributed by atoms with Crippen LogP contribution in [-0.2, 0) is 9.53 Å². The Balaban J connectivity index is 1.82. The summed E-state index contributed by atoms with van der Waals surface area (Å²) in [7, 11) is 1.60. The smallest absolute Gasteiger partial charge is 0.223 e. The lowest BCUT2D eigenvalue weighted by molar-refractivity contribution is -0.127. The Labute approximate surface area is 102 Å². The maximum atomic E-state index is 12.0. The number of hydrogen-bond donors (Lipinski definition) is 3. The van der Waals surface area contributed by atoms with Crippen LogP contribution in [-0.4, -0.2) is 49.5 Å². The second-order valence-corrected chi connectivity index (χ2v) is 4.98. The number of hydrogen-bond acceptors (Lipinski definition) is 4. The van der Waals surface area contributed by atoms with Crippen molar-refractivity contribution < 1.29 is 14.6 Å². The largest absolute Gasteiger partial charge is 0.388 e. The molecule has 1 aliphatic heterocycles. The first kappa shape index (κ1) is 12.8. The van der Waals surface area contributed by atoms with E-state index in [0.29, 0.717) is 0 Å². The van der Waals surface area contributed by atoms with E-state index in [1.54, 1.807) is 7.11 Å². The van der Waals surface area contributed by atoms with E-state index in [4.69, 9.17) is 4.74 Å². The Morgan fingerprint density at radius 2 is 2.00 bits per heavy atom. The summed E-state index contributed by atoms with van der Waals surface area (Å²) in [5.41, 5.74) is 0. The molecule has 2 rings (SSSR count). The van der Waals surface area contributed by atoms with Crippen molar-refractivity contribution in [3.63, 3.8) is 0 Å². The van der Waals surface area contributed by atoms with Gasteiger partial charge in [0, 0.05) is 13.0 Å². The van der Waals surface area contributed by atoms with Crippen LogP contribution in [0.3, 0.4) is 0 Å². The summed E-state index contributed by atoms with van der Waals surface area (Å²) in [6.45, 7) is 1.82. The van der Waals surface area contributed by atoms with Crippen molar-refractivity contribution in [2.45, 2.75) is 43.9 Å². The van der Waals surface area contributed by atoms with Crippen molar-refractivity contribution in [1.82, 2.24) is 10.6 Å². The summed E-state index contributed by atoms with van der Waals surface area (Å²) in [5, 5.41) is 16.1. The van der Waals surface area contributed by atoms with Gasteiger partial charge in [0.25, 0.3) is 0 Å². The van der Waals surface area contributed by atoms with Crippen LogP contribution in [0.2, 0.25) is 0 Å². The molecule has 0 aromatic rings. The molecule has 17 heavy (non-hydrogen) atoms. The summed E-state index contributed by atoms with van der Waals surface area (Å²) < 4.78 is 5.17. The summed E-state index contributed by atoms with van der Waals surface area (Å²) in [6, 6.07) is -0.137. The molecule has 0 unspecified atom stereocenters. The first-order valence-electron chi connectivity index (χ1n) is 6.44. The van der Waals surface area contributed by atoms with E-state index < -0.39 is 6.10 Å². The van der Waals surface area contributed by atoms with Crippen LogP contribution in [0.25, 0.3) is 0 Å². The summed E-state index contributed by atoms with van der Waals surface area (Å²) in [6.07, 6.45) is 2.70. The topological polar surface area (TPSA) is 70.6 Å². The number of piperidine rings is 1. The third-order valence-electron chi connectivity index (χ3n) is 3.90. The molecule has 0 aromatic carbocycles. The van der Waals surface area contributed by atoms with Gasteiger partial charge in [0.05, 0.1) is 12.1 Å². The summed E-state index contributed by atoms with van der Waals surface area (Å²) in [5.74, 6) is 0.192. The maximum absolute atomic E-state index is 12.0. The van der Waals surface area contributed by atoms with Crippen LogP contribution in [0.5, 0.6) is 0 Å². The second kappa shape index (κ2) is 5.80.